The van der Waals surface area contributed by atoms with Gasteiger partial charge >= 0.3 is 0 Å². The van der Waals surface area contributed by atoms with Crippen LogP contribution in [-0.2, 0) is 20.0 Å². The molecule has 0 spiro atoms. The fourth-order valence-electron chi connectivity index (χ4n) is 2.63. The van der Waals surface area contributed by atoms with Crippen molar-refractivity contribution in [3.63, 3.8) is 0 Å². The normalized spacial score (nSPS) is 11.4. The van der Waals surface area contributed by atoms with Crippen LogP contribution in [0.3, 0.4) is 0 Å². The molecule has 0 aliphatic rings. The number of aryl methyl sites for hydroxylation is 2. The van der Waals surface area contributed by atoms with Crippen LogP contribution in [0, 0.1) is 6.92 Å². The number of benzene rings is 1. The van der Waals surface area contributed by atoms with Gasteiger partial charge in [-0.2, -0.15) is 5.10 Å². The summed E-state index contributed by atoms with van der Waals surface area (Å²) in [5, 5.41) is 9.80. The Balaban J connectivity index is 1.59. The second kappa shape index (κ2) is 5.92. The molecule has 0 aliphatic carbocycles. The van der Waals surface area contributed by atoms with Gasteiger partial charge in [0.1, 0.15) is 0 Å². The van der Waals surface area contributed by atoms with Gasteiger partial charge in [0.2, 0.25) is 0 Å². The molecule has 0 radical (unpaired) electrons. The van der Waals surface area contributed by atoms with E-state index in [9.17, 15) is 0 Å². The lowest BCUT2D eigenvalue weighted by atomic mass is 10.1. The fourth-order valence-corrected chi connectivity index (χ4v) is 2.80. The predicted octanol–water partition coefficient (Wildman–Crippen LogP) is 3.20. The van der Waals surface area contributed by atoms with Crippen molar-refractivity contribution in [2.24, 2.45) is 7.05 Å². The van der Waals surface area contributed by atoms with Crippen LogP contribution in [-0.4, -0.2) is 21.3 Å². The van der Waals surface area contributed by atoms with E-state index in [4.69, 9.17) is 11.6 Å². The van der Waals surface area contributed by atoms with Crippen LogP contribution in [0.5, 0.6) is 0 Å². The molecule has 0 amide bonds. The van der Waals surface area contributed by atoms with Crippen molar-refractivity contribution in [2.45, 2.75) is 19.9 Å². The number of rotatable bonds is 5. The summed E-state index contributed by atoms with van der Waals surface area (Å²) in [4.78, 5) is 3.29. The van der Waals surface area contributed by atoms with Crippen molar-refractivity contribution < 1.29 is 0 Å². The van der Waals surface area contributed by atoms with Crippen molar-refractivity contribution >= 4 is 22.5 Å². The Morgan fingerprint density at radius 2 is 2.19 bits per heavy atom. The molecule has 1 aromatic carbocycles. The van der Waals surface area contributed by atoms with Crippen LogP contribution >= 0.6 is 11.6 Å². The zero-order valence-corrected chi connectivity index (χ0v) is 13.0. The van der Waals surface area contributed by atoms with Crippen molar-refractivity contribution in [1.82, 2.24) is 20.1 Å². The average molecular weight is 303 g/mol. The first-order chi connectivity index (χ1) is 10.1. The van der Waals surface area contributed by atoms with Gasteiger partial charge in [0.05, 0.1) is 11.4 Å². The van der Waals surface area contributed by atoms with Gasteiger partial charge in [0.25, 0.3) is 0 Å². The highest BCUT2D eigenvalue weighted by atomic mass is 35.5. The smallest absolute Gasteiger partial charge is 0.0597 e. The molecule has 0 atom stereocenters. The quantitative estimate of drug-likeness (QED) is 0.711. The maximum absolute atomic E-state index is 6.07. The molecule has 3 rings (SSSR count). The summed E-state index contributed by atoms with van der Waals surface area (Å²) in [6, 6.07) is 8.06. The van der Waals surface area contributed by atoms with Crippen molar-refractivity contribution in [3.8, 4) is 0 Å². The van der Waals surface area contributed by atoms with Gasteiger partial charge < -0.3 is 10.3 Å². The maximum Gasteiger partial charge on any atom is 0.0597 e. The number of aromatic amines is 1. The Bertz CT molecular complexity index is 757. The fraction of sp³-hybridized carbons (Fsp3) is 0.312. The van der Waals surface area contributed by atoms with Gasteiger partial charge in [-0.3, -0.25) is 4.68 Å². The minimum absolute atomic E-state index is 0.779. The molecule has 5 heteroatoms. The number of H-pyrrole nitrogens is 1. The minimum atomic E-state index is 0.779. The lowest BCUT2D eigenvalue weighted by molar-refractivity contribution is 0.625. The summed E-state index contributed by atoms with van der Waals surface area (Å²) < 4.78 is 1.92. The van der Waals surface area contributed by atoms with Crippen LogP contribution in [0.2, 0.25) is 5.02 Å². The number of nitrogens with zero attached hydrogens (tertiary/aromatic N) is 2. The van der Waals surface area contributed by atoms with Crippen LogP contribution in [0.1, 0.15) is 17.0 Å². The van der Waals surface area contributed by atoms with Crippen LogP contribution in [0.25, 0.3) is 10.9 Å². The molecule has 0 bridgehead atoms. The number of fused-ring (bicyclic) bond motifs is 1. The van der Waals surface area contributed by atoms with Gasteiger partial charge in [-0.05, 0) is 49.7 Å². The number of nitrogens with one attached hydrogen (secondary N) is 2. The van der Waals surface area contributed by atoms with Crippen molar-refractivity contribution in [2.75, 3.05) is 6.54 Å². The van der Waals surface area contributed by atoms with Crippen LogP contribution < -0.4 is 5.32 Å². The minimum Gasteiger partial charge on any atom is -0.361 e. The number of aromatic nitrogens is 3. The predicted molar refractivity (Wildman–Crippen MR) is 86.7 cm³/mol. The third kappa shape index (κ3) is 3.12. The molecule has 2 heterocycles. The molecule has 2 aromatic heterocycles. The molecule has 21 heavy (non-hydrogen) atoms. The highest BCUT2D eigenvalue weighted by Crippen LogP contribution is 2.22. The third-order valence-electron chi connectivity index (χ3n) is 3.71. The van der Waals surface area contributed by atoms with Crippen molar-refractivity contribution in [1.29, 1.82) is 0 Å². The van der Waals surface area contributed by atoms with E-state index < -0.39 is 0 Å². The Kier molecular flexibility index (Phi) is 3.99. The summed E-state index contributed by atoms with van der Waals surface area (Å²) >= 11 is 6.07. The molecule has 0 unspecified atom stereocenters. The molecule has 0 saturated carbocycles. The number of hydrogen-bond acceptors (Lipinski definition) is 2. The molecule has 0 fully saturated rings. The summed E-state index contributed by atoms with van der Waals surface area (Å²) in [6.07, 6.45) is 3.04. The monoisotopic (exact) mass is 302 g/mol. The molecule has 0 saturated heterocycles. The molecule has 4 nitrogen and oxygen atoms in total. The van der Waals surface area contributed by atoms with E-state index in [2.05, 4.69) is 27.7 Å². The second-order valence-corrected chi connectivity index (χ2v) is 5.77. The van der Waals surface area contributed by atoms with E-state index >= 15 is 0 Å². The van der Waals surface area contributed by atoms with E-state index in [-0.39, 0.29) is 0 Å². The van der Waals surface area contributed by atoms with Gasteiger partial charge in [-0.25, -0.2) is 0 Å². The molecular formula is C16H19ClN4. The first kappa shape index (κ1) is 14.2. The zero-order valence-electron chi connectivity index (χ0n) is 12.3. The van der Waals surface area contributed by atoms with E-state index in [1.165, 1.54) is 16.6 Å². The van der Waals surface area contributed by atoms with E-state index in [0.717, 1.165) is 35.7 Å². The van der Waals surface area contributed by atoms with Gasteiger partial charge in [0.15, 0.2) is 0 Å². The first-order valence-electron chi connectivity index (χ1n) is 7.09. The second-order valence-electron chi connectivity index (χ2n) is 5.33. The van der Waals surface area contributed by atoms with Crippen LogP contribution in [0.15, 0.2) is 30.5 Å². The van der Waals surface area contributed by atoms with Crippen molar-refractivity contribution in [3.05, 3.63) is 52.4 Å². The van der Waals surface area contributed by atoms with Crippen LogP contribution in [0.4, 0.5) is 0 Å². The topological polar surface area (TPSA) is 45.6 Å². The average Bonchev–Trinajstić information content (AvgIpc) is 2.98. The highest BCUT2D eigenvalue weighted by Gasteiger charge is 2.05. The Morgan fingerprint density at radius 3 is 2.95 bits per heavy atom. The molecule has 2 N–H and O–H groups in total. The summed E-state index contributed by atoms with van der Waals surface area (Å²) in [5.41, 5.74) is 4.69. The number of hydrogen-bond donors (Lipinski definition) is 2. The third-order valence-corrected chi connectivity index (χ3v) is 3.94. The largest absolute Gasteiger partial charge is 0.361 e. The number of halogens is 1. The Hall–Kier alpha value is -1.78. The van der Waals surface area contributed by atoms with E-state index in [0.29, 0.717) is 0 Å². The summed E-state index contributed by atoms with van der Waals surface area (Å²) in [7, 11) is 1.98. The molecule has 3 aromatic rings. The highest BCUT2D eigenvalue weighted by molar-refractivity contribution is 6.31. The summed E-state index contributed by atoms with van der Waals surface area (Å²) in [5.74, 6) is 0. The lowest BCUT2D eigenvalue weighted by Crippen LogP contribution is -2.18. The van der Waals surface area contributed by atoms with Gasteiger partial charge in [-0.1, -0.05) is 11.6 Å². The lowest BCUT2D eigenvalue weighted by Gasteiger charge is -2.05. The standard InChI is InChI=1S/C16H19ClN4/c1-11-7-14(21(2)20-11)10-18-6-5-12-9-19-16-4-3-13(17)8-15(12)16/h3-4,7-9,18-19H,5-6,10H2,1-2H3. The van der Waals surface area contributed by atoms with Gasteiger partial charge in [-0.15, -0.1) is 0 Å². The van der Waals surface area contributed by atoms with E-state index in [1.54, 1.807) is 0 Å². The van der Waals surface area contributed by atoms with Gasteiger partial charge in [0, 0.05) is 35.7 Å². The Morgan fingerprint density at radius 1 is 1.33 bits per heavy atom. The van der Waals surface area contributed by atoms with E-state index in [1.807, 2.05) is 36.9 Å². The summed E-state index contributed by atoms with van der Waals surface area (Å²) in [6.45, 7) is 3.77. The molecular weight excluding hydrogens is 284 g/mol. The SMILES string of the molecule is Cc1cc(CNCCc2c[nH]c3ccc(Cl)cc23)n(C)n1. The molecule has 110 valence electrons. The maximum atomic E-state index is 6.07. The Labute approximate surface area is 129 Å². The zero-order chi connectivity index (χ0) is 14.8. The molecule has 0 aliphatic heterocycles. The first-order valence-corrected chi connectivity index (χ1v) is 7.47.